The summed E-state index contributed by atoms with van der Waals surface area (Å²) in [7, 11) is 3.29. The monoisotopic (exact) mass is 451 g/mol. The number of ether oxygens (including phenoxy) is 1. The third-order valence-corrected chi connectivity index (χ3v) is 9.49. The van der Waals surface area contributed by atoms with Gasteiger partial charge in [0.1, 0.15) is 0 Å². The molecule has 0 bridgehead atoms. The van der Waals surface area contributed by atoms with Gasteiger partial charge in [-0.15, -0.1) is 0 Å². The summed E-state index contributed by atoms with van der Waals surface area (Å²) < 4.78 is 5.48. The van der Waals surface area contributed by atoms with Gasteiger partial charge in [0.25, 0.3) is 0 Å². The van der Waals surface area contributed by atoms with Crippen LogP contribution in [0.4, 0.5) is 0 Å². The second kappa shape index (κ2) is 11.7. The first-order chi connectivity index (χ1) is 15.3. The minimum absolute atomic E-state index is 0.0840. The first-order valence-electron chi connectivity index (χ1n) is 13.0. The fourth-order valence-electron chi connectivity index (χ4n) is 8.34. The number of hydroxylamine groups is 1. The summed E-state index contributed by atoms with van der Waals surface area (Å²) in [6, 6.07) is 0. The lowest BCUT2D eigenvalue weighted by Gasteiger charge is -2.56. The van der Waals surface area contributed by atoms with Crippen molar-refractivity contribution in [3.05, 3.63) is 0 Å². The predicted octanol–water partition coefficient (Wildman–Crippen LogP) is 3.53. The summed E-state index contributed by atoms with van der Waals surface area (Å²) >= 11 is 0. The maximum absolute atomic E-state index is 8.76. The highest BCUT2D eigenvalue weighted by Gasteiger charge is 2.57. The Kier molecular flexibility index (Phi) is 9.53. The largest absolute Gasteiger partial charge is 0.384 e. The molecule has 4 fully saturated rings. The highest BCUT2D eigenvalue weighted by atomic mass is 16.5. The van der Waals surface area contributed by atoms with E-state index >= 15 is 0 Å². The van der Waals surface area contributed by atoms with Crippen LogP contribution in [0.2, 0.25) is 0 Å². The second-order valence-corrected chi connectivity index (χ2v) is 11.3. The van der Waals surface area contributed by atoms with Crippen LogP contribution in [0.25, 0.3) is 0 Å². The SMILES string of the molecule is CNO.COCC1CCC2C(CCC3C2CCC2(C)C(C(=N)CNNC(C)N)CCC32)C1. The number of rotatable bonds is 7. The van der Waals surface area contributed by atoms with Crippen molar-refractivity contribution < 1.29 is 9.94 Å². The van der Waals surface area contributed by atoms with Crippen LogP contribution in [-0.2, 0) is 4.74 Å². The lowest BCUT2D eigenvalue weighted by Crippen LogP contribution is -2.51. The minimum atomic E-state index is -0.0840. The number of hydrogen-bond donors (Lipinski definition) is 6. The van der Waals surface area contributed by atoms with Crippen LogP contribution >= 0.6 is 0 Å². The van der Waals surface area contributed by atoms with E-state index in [0.717, 1.165) is 47.8 Å². The third-order valence-electron chi connectivity index (χ3n) is 9.49. The molecule has 0 amide bonds. The van der Waals surface area contributed by atoms with E-state index in [1.165, 1.54) is 64.8 Å². The molecule has 9 atom stereocenters. The Labute approximate surface area is 195 Å². The average Bonchev–Trinajstić information content (AvgIpc) is 3.11. The Bertz CT molecular complexity index is 603. The summed E-state index contributed by atoms with van der Waals surface area (Å²) in [5.41, 5.74) is 15.0. The molecule has 0 aromatic heterocycles. The molecule has 9 unspecified atom stereocenters. The molecule has 4 aliphatic rings. The number of methoxy groups -OCH3 is 1. The van der Waals surface area contributed by atoms with Crippen LogP contribution in [0.5, 0.6) is 0 Å². The predicted molar refractivity (Wildman–Crippen MR) is 129 cm³/mol. The Morgan fingerprint density at radius 3 is 2.53 bits per heavy atom. The zero-order valence-electron chi connectivity index (χ0n) is 20.8. The first kappa shape index (κ1) is 26.0. The first-order valence-corrected chi connectivity index (χ1v) is 13.0. The standard InChI is InChI=1S/C24H44N4O.CH5NO/c1-15(25)28-27-13-23(26)22-9-8-21-20-7-5-17-12-16(14-29-3)4-6-18(17)19(20)10-11-24(21,22)2;1-2-3/h15-22,26-28H,4-14,25H2,1-3H3;2-3H,1H3. The molecular weight excluding hydrogens is 402 g/mol. The fourth-order valence-corrected chi connectivity index (χ4v) is 8.34. The lowest BCUT2D eigenvalue weighted by molar-refractivity contribution is -0.0661. The van der Waals surface area contributed by atoms with Gasteiger partial charge in [-0.2, -0.15) is 0 Å². The van der Waals surface area contributed by atoms with Gasteiger partial charge in [0, 0.05) is 38.9 Å². The summed E-state index contributed by atoms with van der Waals surface area (Å²) in [6.07, 6.45) is 12.3. The van der Waals surface area contributed by atoms with Crippen LogP contribution in [0, 0.1) is 52.2 Å². The van der Waals surface area contributed by atoms with Gasteiger partial charge in [-0.1, -0.05) is 6.92 Å². The van der Waals surface area contributed by atoms with E-state index in [4.69, 9.17) is 21.1 Å². The number of hydrazine groups is 1. The van der Waals surface area contributed by atoms with Crippen LogP contribution in [-0.4, -0.2) is 44.4 Å². The van der Waals surface area contributed by atoms with E-state index in [-0.39, 0.29) is 6.17 Å². The normalized spacial score (nSPS) is 41.5. The third kappa shape index (κ3) is 5.56. The second-order valence-electron chi connectivity index (χ2n) is 11.3. The molecule has 0 aromatic rings. The van der Waals surface area contributed by atoms with Gasteiger partial charge in [0.15, 0.2) is 0 Å². The molecular formula is C25H49N5O2. The van der Waals surface area contributed by atoms with Crippen LogP contribution in [0.15, 0.2) is 0 Å². The van der Waals surface area contributed by atoms with Crippen LogP contribution in [0.3, 0.4) is 0 Å². The molecule has 0 saturated heterocycles. The Hall–Kier alpha value is -0.570. The van der Waals surface area contributed by atoms with Crippen molar-refractivity contribution in [3.8, 4) is 0 Å². The van der Waals surface area contributed by atoms with E-state index in [2.05, 4.69) is 17.8 Å². The Balaban J connectivity index is 0.000000913. The van der Waals surface area contributed by atoms with Gasteiger partial charge in [0.2, 0.25) is 0 Å². The van der Waals surface area contributed by atoms with Gasteiger partial charge >= 0.3 is 0 Å². The molecule has 4 rings (SSSR count). The molecule has 186 valence electrons. The zero-order chi connectivity index (χ0) is 23.3. The number of hydrogen-bond acceptors (Lipinski definition) is 7. The van der Waals surface area contributed by atoms with Gasteiger partial charge < -0.3 is 21.1 Å². The molecule has 0 aromatic carbocycles. The van der Waals surface area contributed by atoms with E-state index in [0.29, 0.717) is 17.9 Å². The van der Waals surface area contributed by atoms with Gasteiger partial charge in [-0.05, 0) is 106 Å². The molecule has 32 heavy (non-hydrogen) atoms. The molecule has 0 heterocycles. The Morgan fingerprint density at radius 1 is 1.12 bits per heavy atom. The summed E-state index contributed by atoms with van der Waals surface area (Å²) in [5.74, 6) is 5.90. The molecule has 4 aliphatic carbocycles. The van der Waals surface area contributed by atoms with Crippen molar-refractivity contribution in [2.24, 2.45) is 52.6 Å². The van der Waals surface area contributed by atoms with Crippen molar-refractivity contribution in [1.82, 2.24) is 16.3 Å². The highest BCUT2D eigenvalue weighted by Crippen LogP contribution is 2.64. The zero-order valence-corrected chi connectivity index (χ0v) is 20.8. The molecule has 7 heteroatoms. The number of nitrogens with two attached hydrogens (primary N) is 1. The summed E-state index contributed by atoms with van der Waals surface area (Å²) in [6.45, 7) is 6.03. The van der Waals surface area contributed by atoms with E-state index in [1.807, 2.05) is 14.0 Å². The number of fused-ring (bicyclic) bond motifs is 5. The quantitative estimate of drug-likeness (QED) is 0.200. The minimum Gasteiger partial charge on any atom is -0.384 e. The van der Waals surface area contributed by atoms with Gasteiger partial charge in [-0.3, -0.25) is 5.43 Å². The van der Waals surface area contributed by atoms with Crippen molar-refractivity contribution in [1.29, 1.82) is 5.41 Å². The van der Waals surface area contributed by atoms with E-state index < -0.39 is 0 Å². The highest BCUT2D eigenvalue weighted by molar-refractivity contribution is 5.86. The lowest BCUT2D eigenvalue weighted by atomic mass is 9.49. The van der Waals surface area contributed by atoms with Crippen molar-refractivity contribution >= 4 is 5.71 Å². The molecule has 7 N–H and O–H groups in total. The van der Waals surface area contributed by atoms with Crippen LogP contribution in [0.1, 0.15) is 71.6 Å². The molecule has 4 saturated carbocycles. The smallest absolute Gasteiger partial charge is 0.0650 e. The van der Waals surface area contributed by atoms with Gasteiger partial charge in [0.05, 0.1) is 6.17 Å². The Morgan fingerprint density at radius 2 is 1.84 bits per heavy atom. The maximum Gasteiger partial charge on any atom is 0.0650 e. The molecule has 7 nitrogen and oxygen atoms in total. The molecule has 0 radical (unpaired) electrons. The van der Waals surface area contributed by atoms with Crippen molar-refractivity contribution in [2.75, 3.05) is 27.3 Å². The van der Waals surface area contributed by atoms with Crippen molar-refractivity contribution in [3.63, 3.8) is 0 Å². The summed E-state index contributed by atoms with van der Waals surface area (Å²) in [5, 5.41) is 16.1. The maximum atomic E-state index is 8.76. The van der Waals surface area contributed by atoms with E-state index in [9.17, 15) is 0 Å². The van der Waals surface area contributed by atoms with Crippen LogP contribution < -0.4 is 22.1 Å². The van der Waals surface area contributed by atoms with E-state index in [1.54, 1.807) is 5.48 Å². The summed E-state index contributed by atoms with van der Waals surface area (Å²) in [4.78, 5) is 0. The molecule has 0 spiro atoms. The van der Waals surface area contributed by atoms with Crippen molar-refractivity contribution in [2.45, 2.75) is 77.8 Å². The number of nitrogens with one attached hydrogen (secondary N) is 4. The fraction of sp³-hybridized carbons (Fsp3) is 0.960. The van der Waals surface area contributed by atoms with Gasteiger partial charge in [-0.25, -0.2) is 10.9 Å². The molecule has 0 aliphatic heterocycles. The topological polar surface area (TPSA) is 115 Å². The average molecular weight is 452 g/mol.